The molecule has 1 aliphatic rings. The van der Waals surface area contributed by atoms with Crippen molar-refractivity contribution in [3.8, 4) is 22.6 Å². The van der Waals surface area contributed by atoms with Gasteiger partial charge in [0.25, 0.3) is 11.8 Å². The van der Waals surface area contributed by atoms with Crippen molar-refractivity contribution in [2.75, 3.05) is 0 Å². The van der Waals surface area contributed by atoms with Gasteiger partial charge in [-0.2, -0.15) is 0 Å². The van der Waals surface area contributed by atoms with Gasteiger partial charge in [-0.15, -0.1) is 10.2 Å². The van der Waals surface area contributed by atoms with Crippen LogP contribution in [-0.4, -0.2) is 39.9 Å². The van der Waals surface area contributed by atoms with Gasteiger partial charge in [0.2, 0.25) is 17.6 Å². The van der Waals surface area contributed by atoms with Crippen LogP contribution < -0.4 is 10.6 Å². The van der Waals surface area contributed by atoms with Crippen molar-refractivity contribution in [2.24, 2.45) is 5.92 Å². The summed E-state index contributed by atoms with van der Waals surface area (Å²) in [6.07, 6.45) is 4.89. The van der Waals surface area contributed by atoms with E-state index in [4.69, 9.17) is 27.6 Å². The van der Waals surface area contributed by atoms with E-state index in [2.05, 4.69) is 20.8 Å². The fourth-order valence-corrected chi connectivity index (χ4v) is 5.95. The molecule has 1 aliphatic carbocycles. The number of hydrogen-bond donors (Lipinski definition) is 2. The number of ketones is 1. The Bertz CT molecular complexity index is 1600. The molecule has 0 radical (unpaired) electrons. The third kappa shape index (κ3) is 7.14. The van der Waals surface area contributed by atoms with Gasteiger partial charge in [0, 0.05) is 32.3 Å². The zero-order valence-electron chi connectivity index (χ0n) is 23.7. The molecule has 43 heavy (non-hydrogen) atoms. The molecule has 0 aliphatic heterocycles. The molecule has 0 unspecified atom stereocenters. The number of hydrogen-bond acceptors (Lipinski definition) is 6. The third-order valence-corrected chi connectivity index (χ3v) is 8.43. The summed E-state index contributed by atoms with van der Waals surface area (Å²) in [6, 6.07) is 19.7. The van der Waals surface area contributed by atoms with Crippen molar-refractivity contribution >= 4 is 40.8 Å². The summed E-state index contributed by atoms with van der Waals surface area (Å²) in [5, 5.41) is 14.6. The van der Waals surface area contributed by atoms with Crippen LogP contribution in [0.2, 0.25) is 10.0 Å². The van der Waals surface area contributed by atoms with Gasteiger partial charge in [0.05, 0.1) is 6.04 Å². The van der Waals surface area contributed by atoms with Crippen molar-refractivity contribution in [3.05, 3.63) is 94.3 Å². The zero-order chi connectivity index (χ0) is 30.3. The Hall–Kier alpha value is -4.01. The topological polar surface area (TPSA) is 114 Å². The average Bonchev–Trinajstić information content (AvgIpc) is 3.54. The molecule has 8 nitrogen and oxygen atoms in total. The molecule has 2 amide bonds. The maximum absolute atomic E-state index is 13.7. The fraction of sp³-hybridized carbons (Fsp3) is 0.303. The van der Waals surface area contributed by atoms with E-state index in [-0.39, 0.29) is 17.7 Å². The second-order valence-corrected chi connectivity index (χ2v) is 11.5. The fourth-order valence-electron chi connectivity index (χ4n) is 5.43. The number of aromatic nitrogens is 2. The Kier molecular flexibility index (Phi) is 9.89. The van der Waals surface area contributed by atoms with Gasteiger partial charge in [-0.3, -0.25) is 14.4 Å². The summed E-state index contributed by atoms with van der Waals surface area (Å²) in [5.74, 6) is -1.38. The maximum Gasteiger partial charge on any atom is 0.286 e. The highest BCUT2D eigenvalue weighted by Gasteiger charge is 2.34. The molecule has 1 heterocycles. The number of amides is 2. The minimum absolute atomic E-state index is 0.0729. The quantitative estimate of drug-likeness (QED) is 0.182. The van der Waals surface area contributed by atoms with Gasteiger partial charge in [-0.25, -0.2) is 0 Å². The first-order valence-electron chi connectivity index (χ1n) is 14.4. The van der Waals surface area contributed by atoms with Gasteiger partial charge >= 0.3 is 0 Å². The van der Waals surface area contributed by atoms with E-state index < -0.39 is 29.7 Å². The molecule has 2 N–H and O–H groups in total. The van der Waals surface area contributed by atoms with Crippen molar-refractivity contribution in [3.63, 3.8) is 0 Å². The maximum atomic E-state index is 13.7. The first-order chi connectivity index (χ1) is 20.9. The van der Waals surface area contributed by atoms with E-state index in [0.29, 0.717) is 33.2 Å². The smallest absolute Gasteiger partial charge is 0.286 e. The van der Waals surface area contributed by atoms with Crippen molar-refractivity contribution < 1.29 is 18.8 Å². The van der Waals surface area contributed by atoms with Crippen LogP contribution in [0, 0.1) is 5.92 Å². The highest BCUT2D eigenvalue weighted by Crippen LogP contribution is 2.34. The monoisotopic (exact) mass is 618 g/mol. The number of Topliss-reactive ketones (excluding diaryl/α,β-unsaturated/α-hetero) is 1. The van der Waals surface area contributed by atoms with Crippen molar-refractivity contribution in [1.82, 2.24) is 20.8 Å². The van der Waals surface area contributed by atoms with Gasteiger partial charge in [-0.05, 0) is 55.5 Å². The molecule has 3 aromatic carbocycles. The van der Waals surface area contributed by atoms with Crippen LogP contribution in [0.1, 0.15) is 66.5 Å². The van der Waals surface area contributed by atoms with Crippen LogP contribution >= 0.6 is 23.2 Å². The first kappa shape index (κ1) is 30.4. The molecule has 4 aromatic rings. The number of nitrogens with one attached hydrogen (secondary N) is 2. The minimum Gasteiger partial charge on any atom is -0.414 e. The predicted octanol–water partition coefficient (Wildman–Crippen LogP) is 7.17. The lowest BCUT2D eigenvalue weighted by molar-refractivity contribution is -0.125. The summed E-state index contributed by atoms with van der Waals surface area (Å²) in [5.41, 5.74) is 2.46. The molecule has 222 valence electrons. The van der Waals surface area contributed by atoms with Crippen LogP contribution in [0.5, 0.6) is 0 Å². The molecule has 2 atom stereocenters. The predicted molar refractivity (Wildman–Crippen MR) is 166 cm³/mol. The lowest BCUT2D eigenvalue weighted by Gasteiger charge is -2.31. The van der Waals surface area contributed by atoms with Gasteiger partial charge in [0.15, 0.2) is 0 Å². The van der Waals surface area contributed by atoms with Crippen LogP contribution in [-0.2, 0) is 4.79 Å². The van der Waals surface area contributed by atoms with Gasteiger partial charge < -0.3 is 15.1 Å². The van der Waals surface area contributed by atoms with Crippen molar-refractivity contribution in [1.29, 1.82) is 0 Å². The van der Waals surface area contributed by atoms with E-state index in [1.165, 1.54) is 0 Å². The molecule has 0 saturated heterocycles. The molecular formula is C33H32Cl2N4O4. The average molecular weight is 620 g/mol. The van der Waals surface area contributed by atoms with Gasteiger partial charge in [0.1, 0.15) is 6.04 Å². The molecule has 5 rings (SSSR count). The Morgan fingerprint density at radius 1 is 0.860 bits per heavy atom. The molecule has 10 heteroatoms. The minimum atomic E-state index is -0.899. The first-order valence-corrected chi connectivity index (χ1v) is 15.2. The van der Waals surface area contributed by atoms with E-state index in [1.807, 2.05) is 36.4 Å². The van der Waals surface area contributed by atoms with E-state index in [1.54, 1.807) is 43.3 Å². The SMILES string of the molecule is CC[C@@H](NC(=O)[C@H](NC(=O)c1ccc(-c2ccccc2Cl)c(Cl)c1)C1CCCCC1)C(=O)c1nnc(-c2ccccc2)o1. The number of rotatable bonds is 10. The van der Waals surface area contributed by atoms with Crippen LogP contribution in [0.15, 0.2) is 77.2 Å². The summed E-state index contributed by atoms with van der Waals surface area (Å²) < 4.78 is 5.64. The summed E-state index contributed by atoms with van der Waals surface area (Å²) >= 11 is 12.9. The summed E-state index contributed by atoms with van der Waals surface area (Å²) in [6.45, 7) is 1.79. The highest BCUT2D eigenvalue weighted by molar-refractivity contribution is 6.36. The molecular weight excluding hydrogens is 587 g/mol. The second-order valence-electron chi connectivity index (χ2n) is 10.6. The number of carbonyl (C=O) groups excluding carboxylic acids is 3. The normalized spacial score (nSPS) is 15.0. The van der Waals surface area contributed by atoms with Crippen LogP contribution in [0.25, 0.3) is 22.6 Å². The molecule has 1 fully saturated rings. The standard InChI is InChI=1S/C33H32Cl2N4O4/c1-2-27(29(40)33-39-38-32(43-33)21-13-7-4-8-14-21)36-31(42)28(20-11-5-3-6-12-20)37-30(41)22-17-18-24(26(35)19-22)23-15-9-10-16-25(23)34/h4,7-10,13-20,27-28H,2-3,5-6,11-12H2,1H3,(H,36,42)(H,37,41)/t27-,28-/m1/s1. The molecule has 0 bridgehead atoms. The van der Waals surface area contributed by atoms with E-state index in [9.17, 15) is 14.4 Å². The van der Waals surface area contributed by atoms with E-state index >= 15 is 0 Å². The van der Waals surface area contributed by atoms with Crippen LogP contribution in [0.4, 0.5) is 0 Å². The lowest BCUT2D eigenvalue weighted by atomic mass is 9.83. The second kappa shape index (κ2) is 14.0. The molecule has 1 saturated carbocycles. The van der Waals surface area contributed by atoms with Gasteiger partial charge in [-0.1, -0.05) is 91.9 Å². The lowest BCUT2D eigenvalue weighted by Crippen LogP contribution is -2.54. The number of benzene rings is 3. The number of halogens is 2. The van der Waals surface area contributed by atoms with E-state index in [0.717, 1.165) is 37.7 Å². The van der Waals surface area contributed by atoms with Crippen molar-refractivity contribution in [2.45, 2.75) is 57.5 Å². The molecule has 1 aromatic heterocycles. The zero-order valence-corrected chi connectivity index (χ0v) is 25.2. The van der Waals surface area contributed by atoms with Crippen LogP contribution in [0.3, 0.4) is 0 Å². The summed E-state index contributed by atoms with van der Waals surface area (Å²) in [7, 11) is 0. The number of nitrogens with zero attached hydrogens (tertiary/aromatic N) is 2. The largest absolute Gasteiger partial charge is 0.414 e. The Morgan fingerprint density at radius 3 is 2.26 bits per heavy atom. The summed E-state index contributed by atoms with van der Waals surface area (Å²) in [4.78, 5) is 40.4. The Labute approximate surface area is 260 Å². The number of carbonyl (C=O) groups is 3. The highest BCUT2D eigenvalue weighted by atomic mass is 35.5. The third-order valence-electron chi connectivity index (χ3n) is 7.78. The Balaban J connectivity index is 1.32. The molecule has 0 spiro atoms. The Morgan fingerprint density at radius 2 is 1.56 bits per heavy atom.